The van der Waals surface area contributed by atoms with Gasteiger partial charge >= 0.3 is 24.2 Å². The maximum Gasteiger partial charge on any atom is 0.410 e. The van der Waals surface area contributed by atoms with Crippen LogP contribution in [0.25, 0.3) is 0 Å². The van der Waals surface area contributed by atoms with Gasteiger partial charge in [0.1, 0.15) is 26.4 Å². The van der Waals surface area contributed by atoms with Crippen molar-refractivity contribution in [3.05, 3.63) is 108 Å². The molecule has 1 aliphatic rings. The van der Waals surface area contributed by atoms with E-state index in [9.17, 15) is 24.0 Å². The highest BCUT2D eigenvalue weighted by Crippen LogP contribution is 2.10. The fraction of sp³-hybridized carbons (Fsp3) is 0.361. The molecule has 4 amide bonds. The van der Waals surface area contributed by atoms with Crippen LogP contribution in [-0.4, -0.2) is 120 Å². The normalized spacial score (nSPS) is 14.4. The molecule has 0 aliphatic carbocycles. The van der Waals surface area contributed by atoms with E-state index in [1.54, 1.807) is 4.90 Å². The average Bonchev–Trinajstić information content (AvgIpc) is 3.13. The zero-order valence-electron chi connectivity index (χ0n) is 27.9. The number of ether oxygens (including phenoxy) is 3. The molecule has 2 N–H and O–H groups in total. The topological polar surface area (TPSA) is 158 Å². The molecule has 4 rings (SSSR count). The van der Waals surface area contributed by atoms with Crippen LogP contribution in [-0.2, 0) is 43.6 Å². The van der Waals surface area contributed by atoms with E-state index in [-0.39, 0.29) is 78.7 Å². The first-order chi connectivity index (χ1) is 24.3. The number of aliphatic carboxylic acids is 1. The molecule has 14 heteroatoms. The van der Waals surface area contributed by atoms with E-state index >= 15 is 0 Å². The molecule has 3 aromatic carbocycles. The Bertz CT molecular complexity index is 1460. The van der Waals surface area contributed by atoms with Crippen LogP contribution in [0, 0.1) is 0 Å². The van der Waals surface area contributed by atoms with Gasteiger partial charge in [0.05, 0.1) is 6.54 Å². The van der Waals surface area contributed by atoms with Crippen molar-refractivity contribution in [2.24, 2.45) is 0 Å². The Morgan fingerprint density at radius 3 is 1.16 bits per heavy atom. The van der Waals surface area contributed by atoms with E-state index in [1.165, 1.54) is 14.7 Å². The summed E-state index contributed by atoms with van der Waals surface area (Å²) in [7, 11) is 0. The smallest absolute Gasteiger partial charge is 0.410 e. The minimum Gasteiger partial charge on any atom is -0.480 e. The Hall–Kier alpha value is -5.63. The van der Waals surface area contributed by atoms with Crippen molar-refractivity contribution < 1.29 is 43.3 Å². The number of nitrogens with zero attached hydrogens (tertiary/aromatic N) is 4. The van der Waals surface area contributed by atoms with E-state index in [4.69, 9.17) is 19.3 Å². The Balaban J connectivity index is 1.51. The van der Waals surface area contributed by atoms with Gasteiger partial charge in [-0.2, -0.15) is 0 Å². The van der Waals surface area contributed by atoms with Crippen LogP contribution >= 0.6 is 0 Å². The van der Waals surface area contributed by atoms with Gasteiger partial charge in [0.15, 0.2) is 0 Å². The molecule has 0 aromatic heterocycles. The number of carboxylic acid groups (broad SMARTS) is 1. The number of nitrogens with one attached hydrogen (secondary N) is 1. The number of rotatable bonds is 10. The van der Waals surface area contributed by atoms with E-state index in [1.807, 2.05) is 91.0 Å². The van der Waals surface area contributed by atoms with E-state index < -0.39 is 36.7 Å². The Labute approximate surface area is 291 Å². The first-order valence-electron chi connectivity index (χ1n) is 16.3. The highest BCUT2D eigenvalue weighted by atomic mass is 16.6. The molecular weight excluding hydrogens is 646 g/mol. The molecular formula is C36H43N5O9. The maximum absolute atomic E-state index is 13.4. The van der Waals surface area contributed by atoms with Crippen molar-refractivity contribution in [2.45, 2.75) is 19.8 Å². The minimum atomic E-state index is -1.18. The highest BCUT2D eigenvalue weighted by Gasteiger charge is 2.26. The molecule has 1 saturated heterocycles. The Morgan fingerprint density at radius 2 is 0.840 bits per heavy atom. The summed E-state index contributed by atoms with van der Waals surface area (Å²) in [5.74, 6) is -1.71. The maximum atomic E-state index is 13.4. The van der Waals surface area contributed by atoms with Gasteiger partial charge in [-0.15, -0.1) is 0 Å². The lowest BCUT2D eigenvalue weighted by atomic mass is 10.2. The van der Waals surface area contributed by atoms with Gasteiger partial charge in [-0.3, -0.25) is 14.5 Å². The van der Waals surface area contributed by atoms with Gasteiger partial charge in [0, 0.05) is 52.4 Å². The predicted molar refractivity (Wildman–Crippen MR) is 182 cm³/mol. The lowest BCUT2D eigenvalue weighted by Gasteiger charge is -2.33. The first kappa shape index (κ1) is 37.2. The number of amides is 4. The summed E-state index contributed by atoms with van der Waals surface area (Å²) < 4.78 is 16.8. The molecule has 14 nitrogen and oxygen atoms in total. The van der Waals surface area contributed by atoms with E-state index in [2.05, 4.69) is 5.32 Å². The van der Waals surface area contributed by atoms with E-state index in [0.29, 0.717) is 0 Å². The van der Waals surface area contributed by atoms with Crippen molar-refractivity contribution >= 4 is 30.2 Å². The third-order valence-electron chi connectivity index (χ3n) is 7.85. The molecule has 1 fully saturated rings. The van der Waals surface area contributed by atoms with Gasteiger partial charge in [0.2, 0.25) is 5.91 Å². The lowest BCUT2D eigenvalue weighted by molar-refractivity contribution is -0.138. The molecule has 0 atom stereocenters. The summed E-state index contributed by atoms with van der Waals surface area (Å²) >= 11 is 0. The molecule has 0 spiro atoms. The zero-order chi connectivity index (χ0) is 35.6. The summed E-state index contributed by atoms with van der Waals surface area (Å²) in [5, 5.41) is 11.4. The van der Waals surface area contributed by atoms with E-state index in [0.717, 1.165) is 16.7 Å². The van der Waals surface area contributed by atoms with Gasteiger partial charge in [0.25, 0.3) is 0 Å². The second-order valence-electron chi connectivity index (χ2n) is 11.5. The predicted octanol–water partition coefficient (Wildman–Crippen LogP) is 3.42. The molecule has 266 valence electrons. The fourth-order valence-electron chi connectivity index (χ4n) is 5.03. The largest absolute Gasteiger partial charge is 0.480 e. The highest BCUT2D eigenvalue weighted by molar-refractivity contribution is 5.82. The van der Waals surface area contributed by atoms with Crippen LogP contribution in [0.5, 0.6) is 0 Å². The Morgan fingerprint density at radius 1 is 0.520 bits per heavy atom. The second kappa shape index (κ2) is 20.0. The van der Waals surface area contributed by atoms with Crippen LogP contribution < -0.4 is 5.32 Å². The van der Waals surface area contributed by atoms with Gasteiger partial charge in [-0.25, -0.2) is 14.4 Å². The summed E-state index contributed by atoms with van der Waals surface area (Å²) in [5.41, 5.74) is 2.41. The average molecular weight is 690 g/mol. The lowest BCUT2D eigenvalue weighted by Crippen LogP contribution is -2.51. The number of benzene rings is 3. The number of hydrogen-bond donors (Lipinski definition) is 2. The second-order valence-corrected chi connectivity index (χ2v) is 11.5. The molecule has 1 aliphatic heterocycles. The zero-order valence-corrected chi connectivity index (χ0v) is 27.9. The van der Waals surface area contributed by atoms with Crippen molar-refractivity contribution in [2.75, 3.05) is 65.4 Å². The first-order valence-corrected chi connectivity index (χ1v) is 16.3. The standard InChI is InChI=1S/C36H43N5O9/c42-32(37-24-33(43)44)25-38-16-18-39(34(45)48-26-29-10-4-1-5-11-29)20-22-41(36(47)50-28-31-14-8-3-9-15-31)23-21-40(19-17-38)35(46)49-27-30-12-6-2-7-13-30/h1-15H,16-28H2,(H,37,42)(H,43,44). The van der Waals surface area contributed by atoms with Crippen molar-refractivity contribution in [3.63, 3.8) is 0 Å². The van der Waals surface area contributed by atoms with Gasteiger partial charge in [-0.05, 0) is 16.7 Å². The monoisotopic (exact) mass is 689 g/mol. The number of carbonyl (C=O) groups excluding carboxylic acids is 4. The summed E-state index contributed by atoms with van der Waals surface area (Å²) in [6, 6.07) is 27.6. The van der Waals surface area contributed by atoms with Crippen LogP contribution in [0.4, 0.5) is 14.4 Å². The summed E-state index contributed by atoms with van der Waals surface area (Å²) in [4.78, 5) is 69.8. The number of carbonyl (C=O) groups is 5. The molecule has 3 aromatic rings. The third kappa shape index (κ3) is 13.1. The summed E-state index contributed by atoms with van der Waals surface area (Å²) in [6.07, 6.45) is -1.83. The quantitative estimate of drug-likeness (QED) is 0.302. The number of carboxylic acids is 1. The summed E-state index contributed by atoms with van der Waals surface area (Å²) in [6.45, 7) is 0.303. The van der Waals surface area contributed by atoms with Crippen molar-refractivity contribution in [1.29, 1.82) is 0 Å². The fourth-order valence-corrected chi connectivity index (χ4v) is 5.03. The van der Waals surface area contributed by atoms with Crippen LogP contribution in [0.15, 0.2) is 91.0 Å². The molecule has 1 heterocycles. The molecule has 0 radical (unpaired) electrons. The van der Waals surface area contributed by atoms with Crippen molar-refractivity contribution in [3.8, 4) is 0 Å². The molecule has 0 unspecified atom stereocenters. The van der Waals surface area contributed by atoms with Crippen LogP contribution in [0.3, 0.4) is 0 Å². The molecule has 50 heavy (non-hydrogen) atoms. The van der Waals surface area contributed by atoms with Crippen LogP contribution in [0.2, 0.25) is 0 Å². The number of hydrogen-bond acceptors (Lipinski definition) is 9. The molecule has 0 bridgehead atoms. The minimum absolute atomic E-state index is 0.0420. The Kier molecular flexibility index (Phi) is 14.9. The third-order valence-corrected chi connectivity index (χ3v) is 7.85. The van der Waals surface area contributed by atoms with Gasteiger partial charge < -0.3 is 39.3 Å². The van der Waals surface area contributed by atoms with Crippen molar-refractivity contribution in [1.82, 2.24) is 24.9 Å². The van der Waals surface area contributed by atoms with Gasteiger partial charge in [-0.1, -0.05) is 91.0 Å². The van der Waals surface area contributed by atoms with Crippen LogP contribution in [0.1, 0.15) is 16.7 Å². The SMILES string of the molecule is O=C(O)CNC(=O)CN1CCN(C(=O)OCc2ccccc2)CCN(C(=O)OCc2ccccc2)CCN(C(=O)OCc2ccccc2)CC1. The molecule has 0 saturated carbocycles.